The number of hydrogen-bond donors (Lipinski definition) is 3. The summed E-state index contributed by atoms with van der Waals surface area (Å²) in [5.41, 5.74) is 0.530. The molecule has 0 saturated carbocycles. The number of benzene rings is 1. The molecule has 0 unspecified atom stereocenters. The van der Waals surface area contributed by atoms with E-state index in [2.05, 4.69) is 10.3 Å². The van der Waals surface area contributed by atoms with E-state index in [4.69, 9.17) is 14.2 Å². The van der Waals surface area contributed by atoms with Gasteiger partial charge in [-0.05, 0) is 24.3 Å². The number of methoxy groups -OCH3 is 1. The average Bonchev–Trinajstić information content (AvgIpc) is 3.07. The number of nitrogens with zero attached hydrogens (tertiary/aromatic N) is 3. The van der Waals surface area contributed by atoms with Gasteiger partial charge < -0.3 is 29.5 Å². The predicted octanol–water partition coefficient (Wildman–Crippen LogP) is -0.523. The summed E-state index contributed by atoms with van der Waals surface area (Å²) in [4.78, 5) is 0. The molecule has 130 valence electrons. The van der Waals surface area contributed by atoms with Gasteiger partial charge in [-0.1, -0.05) is 5.21 Å². The first-order valence-electron chi connectivity index (χ1n) is 7.42. The lowest BCUT2D eigenvalue weighted by Gasteiger charge is -2.34. The molecule has 1 aromatic heterocycles. The summed E-state index contributed by atoms with van der Waals surface area (Å²) in [6, 6.07) is 7.11. The highest BCUT2D eigenvalue weighted by molar-refractivity contribution is 5.31. The fourth-order valence-electron chi connectivity index (χ4n) is 2.36. The minimum Gasteiger partial charge on any atom is -0.497 e. The van der Waals surface area contributed by atoms with Crippen LogP contribution in [0.4, 0.5) is 0 Å². The van der Waals surface area contributed by atoms with Crippen LogP contribution in [0.1, 0.15) is 11.9 Å². The van der Waals surface area contributed by atoms with Gasteiger partial charge in [0.25, 0.3) is 0 Å². The topological polar surface area (TPSA) is 119 Å². The highest BCUT2D eigenvalue weighted by atomic mass is 16.5. The van der Waals surface area contributed by atoms with E-state index >= 15 is 0 Å². The van der Waals surface area contributed by atoms with Gasteiger partial charge in [-0.3, -0.25) is 0 Å². The molecule has 4 atom stereocenters. The van der Waals surface area contributed by atoms with Crippen molar-refractivity contribution >= 4 is 0 Å². The molecule has 3 rings (SSSR count). The van der Waals surface area contributed by atoms with Gasteiger partial charge in [0, 0.05) is 0 Å². The Morgan fingerprint density at radius 2 is 1.88 bits per heavy atom. The van der Waals surface area contributed by atoms with E-state index in [1.807, 2.05) is 0 Å². The van der Waals surface area contributed by atoms with Crippen LogP contribution in [0.25, 0.3) is 0 Å². The van der Waals surface area contributed by atoms with Gasteiger partial charge in [0.15, 0.2) is 6.23 Å². The second-order valence-corrected chi connectivity index (χ2v) is 5.43. The van der Waals surface area contributed by atoms with E-state index in [0.717, 1.165) is 5.75 Å². The summed E-state index contributed by atoms with van der Waals surface area (Å²) in [5, 5.41) is 36.9. The third kappa shape index (κ3) is 3.49. The van der Waals surface area contributed by atoms with Crippen LogP contribution in [0.15, 0.2) is 30.5 Å². The molecule has 9 heteroatoms. The summed E-state index contributed by atoms with van der Waals surface area (Å²) in [5.74, 6) is 1.38. The number of rotatable bonds is 5. The molecule has 1 aliphatic heterocycles. The first-order valence-corrected chi connectivity index (χ1v) is 7.42. The Morgan fingerprint density at radius 1 is 1.17 bits per heavy atom. The molecule has 2 heterocycles. The number of aromatic nitrogens is 3. The lowest BCUT2D eigenvalue weighted by atomic mass is 10.0. The smallest absolute Gasteiger partial charge is 0.180 e. The predicted molar refractivity (Wildman–Crippen MR) is 80.4 cm³/mol. The van der Waals surface area contributed by atoms with Gasteiger partial charge in [-0.2, -0.15) is 0 Å². The number of aliphatic hydroxyl groups excluding tert-OH is 3. The van der Waals surface area contributed by atoms with Crippen LogP contribution >= 0.6 is 0 Å². The van der Waals surface area contributed by atoms with Gasteiger partial charge in [0.2, 0.25) is 0 Å². The third-order valence-corrected chi connectivity index (χ3v) is 3.74. The SMILES string of the molecule is COc1ccc(OCc2cn([C@H]3OC[C@@H](O)[C@H](O)[C@H]3O)nn2)cc1. The molecule has 3 N–H and O–H groups in total. The molecular weight excluding hydrogens is 318 g/mol. The first kappa shape index (κ1) is 16.7. The van der Waals surface area contributed by atoms with Crippen molar-refractivity contribution < 1.29 is 29.5 Å². The molecule has 1 aliphatic rings. The largest absolute Gasteiger partial charge is 0.497 e. The maximum absolute atomic E-state index is 9.96. The van der Waals surface area contributed by atoms with Crippen LogP contribution in [-0.2, 0) is 11.3 Å². The van der Waals surface area contributed by atoms with E-state index in [1.165, 1.54) is 4.68 Å². The Morgan fingerprint density at radius 3 is 2.58 bits per heavy atom. The second-order valence-electron chi connectivity index (χ2n) is 5.43. The summed E-state index contributed by atoms with van der Waals surface area (Å²) in [6.07, 6.45) is -3.08. The highest BCUT2D eigenvalue weighted by Gasteiger charge is 2.39. The lowest BCUT2D eigenvalue weighted by molar-refractivity contribution is -0.214. The van der Waals surface area contributed by atoms with Crippen LogP contribution in [0.2, 0.25) is 0 Å². The van der Waals surface area contributed by atoms with Crippen molar-refractivity contribution in [3.05, 3.63) is 36.2 Å². The van der Waals surface area contributed by atoms with Gasteiger partial charge in [-0.15, -0.1) is 5.10 Å². The Labute approximate surface area is 138 Å². The van der Waals surface area contributed by atoms with Crippen LogP contribution in [0, 0.1) is 0 Å². The monoisotopic (exact) mass is 337 g/mol. The summed E-state index contributed by atoms with van der Waals surface area (Å²) in [6.45, 7) is 0.0841. The van der Waals surface area contributed by atoms with Crippen molar-refractivity contribution in [1.29, 1.82) is 0 Å². The minimum atomic E-state index is -1.30. The van der Waals surface area contributed by atoms with Crippen molar-refractivity contribution in [2.75, 3.05) is 13.7 Å². The number of hydrogen-bond acceptors (Lipinski definition) is 8. The molecular formula is C15H19N3O6. The lowest BCUT2D eigenvalue weighted by Crippen LogP contribution is -2.50. The van der Waals surface area contributed by atoms with Crippen LogP contribution in [0.3, 0.4) is 0 Å². The molecule has 0 aliphatic carbocycles. The normalized spacial score (nSPS) is 27.0. The van der Waals surface area contributed by atoms with Gasteiger partial charge >= 0.3 is 0 Å². The molecule has 0 amide bonds. The minimum absolute atomic E-state index is 0.0968. The Kier molecular flexibility index (Phi) is 4.95. The number of ether oxygens (including phenoxy) is 3. The molecule has 1 fully saturated rings. The third-order valence-electron chi connectivity index (χ3n) is 3.74. The van der Waals surface area contributed by atoms with E-state index in [0.29, 0.717) is 11.4 Å². The van der Waals surface area contributed by atoms with E-state index in [-0.39, 0.29) is 13.2 Å². The van der Waals surface area contributed by atoms with Crippen LogP contribution < -0.4 is 9.47 Å². The molecule has 2 aromatic rings. The molecule has 0 spiro atoms. The van der Waals surface area contributed by atoms with Crippen molar-refractivity contribution in [1.82, 2.24) is 15.0 Å². The summed E-state index contributed by atoms with van der Waals surface area (Å²) < 4.78 is 17.3. The van der Waals surface area contributed by atoms with E-state index in [1.54, 1.807) is 37.6 Å². The Hall–Kier alpha value is -2.20. The molecule has 0 bridgehead atoms. The molecule has 0 radical (unpaired) electrons. The Bertz CT molecular complexity index is 661. The molecule has 24 heavy (non-hydrogen) atoms. The van der Waals surface area contributed by atoms with Crippen LogP contribution in [-0.4, -0.2) is 62.3 Å². The van der Waals surface area contributed by atoms with Crippen molar-refractivity contribution in [2.45, 2.75) is 31.1 Å². The second kappa shape index (κ2) is 7.14. The average molecular weight is 337 g/mol. The zero-order chi connectivity index (χ0) is 17.1. The quantitative estimate of drug-likeness (QED) is 0.667. The van der Waals surface area contributed by atoms with Crippen molar-refractivity contribution in [3.8, 4) is 11.5 Å². The van der Waals surface area contributed by atoms with E-state index < -0.39 is 24.5 Å². The number of aliphatic hydroxyl groups is 3. The molecule has 1 aromatic carbocycles. The van der Waals surface area contributed by atoms with Crippen LogP contribution in [0.5, 0.6) is 11.5 Å². The fraction of sp³-hybridized carbons (Fsp3) is 0.467. The summed E-state index contributed by atoms with van der Waals surface area (Å²) in [7, 11) is 1.59. The highest BCUT2D eigenvalue weighted by Crippen LogP contribution is 2.23. The van der Waals surface area contributed by atoms with Gasteiger partial charge in [-0.25, -0.2) is 4.68 Å². The molecule has 9 nitrogen and oxygen atoms in total. The zero-order valence-corrected chi connectivity index (χ0v) is 13.0. The van der Waals surface area contributed by atoms with E-state index in [9.17, 15) is 15.3 Å². The summed E-state index contributed by atoms with van der Waals surface area (Å²) >= 11 is 0. The van der Waals surface area contributed by atoms with Crippen molar-refractivity contribution in [3.63, 3.8) is 0 Å². The Balaban J connectivity index is 1.61. The van der Waals surface area contributed by atoms with Gasteiger partial charge in [0.05, 0.1) is 19.9 Å². The zero-order valence-electron chi connectivity index (χ0n) is 13.0. The maximum Gasteiger partial charge on any atom is 0.180 e. The van der Waals surface area contributed by atoms with Gasteiger partial charge in [0.1, 0.15) is 42.1 Å². The fourth-order valence-corrected chi connectivity index (χ4v) is 2.36. The standard InChI is InChI=1S/C15H19N3O6/c1-22-10-2-4-11(5-3-10)23-7-9-6-18(17-16-9)15-14(21)13(20)12(19)8-24-15/h2-6,12-15,19-21H,7-8H2,1H3/t12-,13+,14-,15+/m1/s1. The molecule has 1 saturated heterocycles. The maximum atomic E-state index is 9.96. The van der Waals surface area contributed by atoms with Crippen molar-refractivity contribution in [2.24, 2.45) is 0 Å². The first-order chi connectivity index (χ1) is 11.6.